The fourth-order valence-corrected chi connectivity index (χ4v) is 3.44. The summed E-state index contributed by atoms with van der Waals surface area (Å²) in [5.74, 6) is -12.9. The number of carbonyl (C=O) groups is 2. The number of ether oxygens (including phenoxy) is 1. The summed E-state index contributed by atoms with van der Waals surface area (Å²) in [5, 5.41) is 0. The number of aldehydes is 1. The van der Waals surface area contributed by atoms with E-state index in [0.29, 0.717) is 12.2 Å². The lowest BCUT2D eigenvalue weighted by atomic mass is 9.50. The largest absolute Gasteiger partial charge is 0.447 e. The minimum atomic E-state index is -2.37. The van der Waals surface area contributed by atoms with Crippen molar-refractivity contribution in [2.75, 3.05) is 0 Å². The molecule has 0 aromatic heterocycles. The highest BCUT2D eigenvalue weighted by molar-refractivity contribution is 5.92. The molecular weight excluding hydrogens is 359 g/mol. The number of esters is 1. The molecule has 0 N–H and O–H groups in total. The molecule has 1 aliphatic rings. The first-order valence-corrected chi connectivity index (χ1v) is 8.10. The van der Waals surface area contributed by atoms with Crippen LogP contribution in [0, 0.1) is 46.3 Å². The van der Waals surface area contributed by atoms with Gasteiger partial charge in [-0.05, 0) is 24.7 Å². The topological polar surface area (TPSA) is 43.4 Å². The molecule has 1 aliphatic carbocycles. The monoisotopic (exact) mass is 378 g/mol. The van der Waals surface area contributed by atoms with Crippen LogP contribution in [-0.2, 0) is 9.53 Å². The average molecular weight is 378 g/mol. The summed E-state index contributed by atoms with van der Waals surface area (Å²) in [6.07, 6.45) is 1.19. The van der Waals surface area contributed by atoms with Gasteiger partial charge in [0.15, 0.2) is 35.2 Å². The molecule has 0 aliphatic heterocycles. The van der Waals surface area contributed by atoms with E-state index in [2.05, 4.69) is 0 Å². The first kappa shape index (κ1) is 20.3. The van der Waals surface area contributed by atoms with Gasteiger partial charge in [0, 0.05) is 5.41 Å². The number of rotatable bonds is 5. The van der Waals surface area contributed by atoms with Gasteiger partial charge in [-0.2, -0.15) is 0 Å². The van der Waals surface area contributed by atoms with Crippen LogP contribution in [0.1, 0.15) is 50.9 Å². The Morgan fingerprint density at radius 2 is 1.54 bits per heavy atom. The van der Waals surface area contributed by atoms with E-state index in [9.17, 15) is 31.5 Å². The molecule has 26 heavy (non-hydrogen) atoms. The maximum absolute atomic E-state index is 13.8. The summed E-state index contributed by atoms with van der Waals surface area (Å²) < 4.78 is 72.3. The van der Waals surface area contributed by atoms with Crippen molar-refractivity contribution in [2.45, 2.75) is 46.1 Å². The third-order valence-corrected chi connectivity index (χ3v) is 5.30. The van der Waals surface area contributed by atoms with Gasteiger partial charge in [0.2, 0.25) is 5.82 Å². The van der Waals surface area contributed by atoms with Gasteiger partial charge in [0.25, 0.3) is 0 Å². The van der Waals surface area contributed by atoms with Crippen LogP contribution in [0.2, 0.25) is 0 Å². The van der Waals surface area contributed by atoms with E-state index in [1.807, 2.05) is 13.8 Å². The van der Waals surface area contributed by atoms with Crippen molar-refractivity contribution in [1.82, 2.24) is 0 Å². The van der Waals surface area contributed by atoms with Crippen molar-refractivity contribution in [3.05, 3.63) is 34.6 Å². The van der Waals surface area contributed by atoms with Crippen molar-refractivity contribution in [3.63, 3.8) is 0 Å². The van der Waals surface area contributed by atoms with E-state index in [-0.39, 0.29) is 12.3 Å². The van der Waals surface area contributed by atoms with E-state index in [4.69, 9.17) is 4.74 Å². The molecule has 1 saturated carbocycles. The third-order valence-electron chi connectivity index (χ3n) is 5.30. The van der Waals surface area contributed by atoms with Crippen LogP contribution in [-0.4, -0.2) is 17.9 Å². The maximum atomic E-state index is 13.8. The predicted octanol–water partition coefficient (Wildman–Crippen LogP) is 4.57. The lowest BCUT2D eigenvalue weighted by Gasteiger charge is -2.58. The minimum Gasteiger partial charge on any atom is -0.447 e. The van der Waals surface area contributed by atoms with Crippen molar-refractivity contribution in [3.8, 4) is 0 Å². The molecule has 2 atom stereocenters. The summed E-state index contributed by atoms with van der Waals surface area (Å²) in [6.45, 7) is 7.25. The van der Waals surface area contributed by atoms with E-state index >= 15 is 0 Å². The Hall–Kier alpha value is -1.99. The van der Waals surface area contributed by atoms with Gasteiger partial charge in [0.05, 0.1) is 0 Å². The number of halogens is 5. The zero-order chi connectivity index (χ0) is 20.0. The molecule has 3 nitrogen and oxygen atoms in total. The number of carbonyl (C=O) groups excluding carboxylic acids is 2. The summed E-state index contributed by atoms with van der Waals surface area (Å²) in [7, 11) is 0. The second kappa shape index (κ2) is 6.63. The van der Waals surface area contributed by atoms with Crippen LogP contribution in [0.5, 0.6) is 0 Å². The summed E-state index contributed by atoms with van der Waals surface area (Å²) in [5.41, 5.74) is -4.24. The van der Waals surface area contributed by atoms with Gasteiger partial charge < -0.3 is 4.74 Å². The van der Waals surface area contributed by atoms with Crippen molar-refractivity contribution in [1.29, 1.82) is 0 Å². The van der Waals surface area contributed by atoms with Crippen LogP contribution < -0.4 is 0 Å². The van der Waals surface area contributed by atoms with E-state index in [1.54, 1.807) is 13.8 Å². The molecule has 144 valence electrons. The molecular formula is C18H19F5O3. The molecule has 8 heteroatoms. The Morgan fingerprint density at radius 1 is 1.08 bits per heavy atom. The number of hydrogen-bond donors (Lipinski definition) is 0. The van der Waals surface area contributed by atoms with Crippen LogP contribution >= 0.6 is 0 Å². The SMILES string of the molecule is CC(C)C[C@H]1C[C@](C=O)(OC(=O)c2c(F)c(F)c(F)c(F)c2F)C1(C)C. The first-order valence-electron chi connectivity index (χ1n) is 8.10. The van der Waals surface area contributed by atoms with Crippen LogP contribution in [0.3, 0.4) is 0 Å². The smallest absolute Gasteiger partial charge is 0.345 e. The first-order chi connectivity index (χ1) is 11.9. The molecule has 1 aromatic carbocycles. The lowest BCUT2D eigenvalue weighted by molar-refractivity contribution is -0.192. The molecule has 0 radical (unpaired) electrons. The van der Waals surface area contributed by atoms with Crippen LogP contribution in [0.25, 0.3) is 0 Å². The zero-order valence-electron chi connectivity index (χ0n) is 14.8. The third kappa shape index (κ3) is 2.89. The van der Waals surface area contributed by atoms with Gasteiger partial charge in [-0.1, -0.05) is 27.7 Å². The van der Waals surface area contributed by atoms with Gasteiger partial charge in [0.1, 0.15) is 5.56 Å². The minimum absolute atomic E-state index is 0.00289. The van der Waals surface area contributed by atoms with Gasteiger partial charge in [-0.25, -0.2) is 26.7 Å². The molecule has 2 rings (SSSR count). The quantitative estimate of drug-likeness (QED) is 0.248. The zero-order valence-corrected chi connectivity index (χ0v) is 14.8. The van der Waals surface area contributed by atoms with Crippen LogP contribution in [0.4, 0.5) is 22.0 Å². The molecule has 1 fully saturated rings. The second-order valence-electron chi connectivity index (χ2n) is 7.59. The van der Waals surface area contributed by atoms with E-state index < -0.39 is 51.6 Å². The molecule has 0 unspecified atom stereocenters. The lowest BCUT2D eigenvalue weighted by Crippen LogP contribution is -2.64. The molecule has 0 amide bonds. The summed E-state index contributed by atoms with van der Waals surface area (Å²) in [4.78, 5) is 23.8. The Balaban J connectivity index is 2.37. The van der Waals surface area contributed by atoms with Crippen molar-refractivity contribution in [2.24, 2.45) is 17.3 Å². The fourth-order valence-electron chi connectivity index (χ4n) is 3.44. The Labute approximate surface area is 147 Å². The van der Waals surface area contributed by atoms with Crippen LogP contribution in [0.15, 0.2) is 0 Å². The van der Waals surface area contributed by atoms with Crippen molar-refractivity contribution < 1.29 is 36.3 Å². The van der Waals surface area contributed by atoms with Gasteiger partial charge in [-0.3, -0.25) is 4.79 Å². The van der Waals surface area contributed by atoms with Crippen molar-refractivity contribution >= 4 is 12.3 Å². The fraction of sp³-hybridized carbons (Fsp3) is 0.556. The highest BCUT2D eigenvalue weighted by Gasteiger charge is 2.63. The number of hydrogen-bond acceptors (Lipinski definition) is 3. The Morgan fingerprint density at radius 3 is 1.92 bits per heavy atom. The average Bonchev–Trinajstić information content (AvgIpc) is 2.56. The highest BCUT2D eigenvalue weighted by Crippen LogP contribution is 2.57. The molecule has 0 spiro atoms. The second-order valence-corrected chi connectivity index (χ2v) is 7.59. The molecule has 0 heterocycles. The Kier molecular flexibility index (Phi) is 5.18. The normalized spacial score (nSPS) is 24.3. The predicted molar refractivity (Wildman–Crippen MR) is 81.8 cm³/mol. The van der Waals surface area contributed by atoms with E-state index in [0.717, 1.165) is 6.42 Å². The Bertz CT molecular complexity index is 731. The van der Waals surface area contributed by atoms with Gasteiger partial charge >= 0.3 is 5.97 Å². The molecule has 1 aromatic rings. The summed E-state index contributed by atoms with van der Waals surface area (Å²) in [6, 6.07) is 0. The molecule has 0 saturated heterocycles. The van der Waals surface area contributed by atoms with Gasteiger partial charge in [-0.15, -0.1) is 0 Å². The highest BCUT2D eigenvalue weighted by atomic mass is 19.2. The maximum Gasteiger partial charge on any atom is 0.345 e. The summed E-state index contributed by atoms with van der Waals surface area (Å²) >= 11 is 0. The number of benzene rings is 1. The standard InChI is InChI=1S/C18H19F5O3/c1-8(2)5-9-6-18(7-24,17(9,3)4)26-16(25)10-11(19)13(21)15(23)14(22)12(10)20/h7-9H,5-6H2,1-4H3/t9-,18+/m0/s1. The molecule has 0 bridgehead atoms. The van der Waals surface area contributed by atoms with E-state index in [1.165, 1.54) is 0 Å².